The Morgan fingerprint density at radius 2 is 1.88 bits per heavy atom. The maximum Gasteiger partial charge on any atom is 0.261 e. The number of nitrogens with zero attached hydrogens (tertiary/aromatic N) is 1. The first kappa shape index (κ1) is 18.6. The van der Waals surface area contributed by atoms with Gasteiger partial charge in [-0.25, -0.2) is 0 Å². The van der Waals surface area contributed by atoms with Crippen molar-refractivity contribution in [3.05, 3.63) is 57.8 Å². The van der Waals surface area contributed by atoms with Gasteiger partial charge in [-0.3, -0.25) is 14.5 Å². The molecular formula is C20H25N3O2S. The van der Waals surface area contributed by atoms with Crippen molar-refractivity contribution in [2.45, 2.75) is 32.4 Å². The van der Waals surface area contributed by atoms with Crippen LogP contribution in [0.3, 0.4) is 0 Å². The van der Waals surface area contributed by atoms with Crippen molar-refractivity contribution in [2.75, 3.05) is 19.6 Å². The molecule has 1 aromatic carbocycles. The molecule has 6 heteroatoms. The van der Waals surface area contributed by atoms with Crippen LogP contribution < -0.4 is 10.6 Å². The maximum absolute atomic E-state index is 12.4. The van der Waals surface area contributed by atoms with E-state index in [9.17, 15) is 9.59 Å². The zero-order valence-corrected chi connectivity index (χ0v) is 15.8. The van der Waals surface area contributed by atoms with Crippen LogP contribution in [0.4, 0.5) is 0 Å². The van der Waals surface area contributed by atoms with E-state index >= 15 is 0 Å². The predicted molar refractivity (Wildman–Crippen MR) is 104 cm³/mol. The number of nitrogens with one attached hydrogen (secondary N) is 2. The molecule has 1 atom stereocenters. The van der Waals surface area contributed by atoms with E-state index in [1.54, 1.807) is 6.07 Å². The number of fused-ring (bicyclic) bond motifs is 1. The average molecular weight is 372 g/mol. The van der Waals surface area contributed by atoms with Gasteiger partial charge in [-0.1, -0.05) is 30.3 Å². The summed E-state index contributed by atoms with van der Waals surface area (Å²) in [6.07, 6.45) is 1.71. The molecule has 2 aromatic rings. The second-order valence-electron chi connectivity index (χ2n) is 6.54. The fourth-order valence-electron chi connectivity index (χ4n) is 3.16. The third-order valence-electron chi connectivity index (χ3n) is 4.77. The molecule has 5 nitrogen and oxygen atoms in total. The van der Waals surface area contributed by atoms with E-state index in [0.29, 0.717) is 18.0 Å². The molecule has 3 rings (SSSR count). The fraction of sp³-hybridized carbons (Fsp3) is 0.400. The van der Waals surface area contributed by atoms with Gasteiger partial charge in [0.25, 0.3) is 5.91 Å². The van der Waals surface area contributed by atoms with Crippen molar-refractivity contribution in [3.63, 3.8) is 0 Å². The highest BCUT2D eigenvalue weighted by Crippen LogP contribution is 2.20. The van der Waals surface area contributed by atoms with Gasteiger partial charge in [0.2, 0.25) is 5.91 Å². The lowest BCUT2D eigenvalue weighted by atomic mass is 9.99. The van der Waals surface area contributed by atoms with Gasteiger partial charge >= 0.3 is 0 Å². The van der Waals surface area contributed by atoms with E-state index in [1.807, 2.05) is 18.4 Å². The molecule has 0 radical (unpaired) electrons. The summed E-state index contributed by atoms with van der Waals surface area (Å²) >= 11 is 1.43. The summed E-state index contributed by atoms with van der Waals surface area (Å²) in [5.74, 6) is 0.000594. The van der Waals surface area contributed by atoms with Crippen LogP contribution in [0.2, 0.25) is 0 Å². The molecule has 0 spiro atoms. The van der Waals surface area contributed by atoms with E-state index in [2.05, 4.69) is 39.8 Å². The van der Waals surface area contributed by atoms with Crippen LogP contribution in [0.5, 0.6) is 0 Å². The zero-order valence-electron chi connectivity index (χ0n) is 15.0. The van der Waals surface area contributed by atoms with E-state index in [4.69, 9.17) is 0 Å². The van der Waals surface area contributed by atoms with Crippen LogP contribution in [0, 0.1) is 0 Å². The summed E-state index contributed by atoms with van der Waals surface area (Å²) in [6, 6.07) is 12.0. The van der Waals surface area contributed by atoms with Crippen LogP contribution in [0.1, 0.15) is 34.1 Å². The van der Waals surface area contributed by atoms with Crippen LogP contribution in [0.25, 0.3) is 0 Å². The summed E-state index contributed by atoms with van der Waals surface area (Å²) in [5, 5.41) is 7.74. The SMILES string of the molecule is CC(C(=O)NCCCNC(=O)c1cccs1)N1CCc2ccccc2C1. The Kier molecular flexibility index (Phi) is 6.41. The summed E-state index contributed by atoms with van der Waals surface area (Å²) in [5.41, 5.74) is 2.70. The van der Waals surface area contributed by atoms with Crippen molar-refractivity contribution < 1.29 is 9.59 Å². The van der Waals surface area contributed by atoms with Gasteiger partial charge in [0.05, 0.1) is 10.9 Å². The summed E-state index contributed by atoms with van der Waals surface area (Å²) in [6.45, 7) is 4.81. The largest absolute Gasteiger partial charge is 0.355 e. The number of hydrogen-bond acceptors (Lipinski definition) is 4. The highest BCUT2D eigenvalue weighted by molar-refractivity contribution is 7.12. The minimum atomic E-state index is -0.149. The Bertz CT molecular complexity index is 745. The molecule has 0 bridgehead atoms. The molecule has 138 valence electrons. The lowest BCUT2D eigenvalue weighted by molar-refractivity contribution is -0.126. The highest BCUT2D eigenvalue weighted by atomic mass is 32.1. The number of carbonyl (C=O) groups excluding carboxylic acids is 2. The summed E-state index contributed by atoms with van der Waals surface area (Å²) in [4.78, 5) is 27.2. The first-order valence-electron chi connectivity index (χ1n) is 9.05. The number of carbonyl (C=O) groups is 2. The molecule has 26 heavy (non-hydrogen) atoms. The topological polar surface area (TPSA) is 61.4 Å². The van der Waals surface area contributed by atoms with Gasteiger partial charge in [-0.15, -0.1) is 11.3 Å². The minimum Gasteiger partial charge on any atom is -0.355 e. The first-order valence-corrected chi connectivity index (χ1v) is 9.93. The Labute approximate surface area is 158 Å². The number of rotatable bonds is 7. The minimum absolute atomic E-state index is 0.0494. The fourth-order valence-corrected chi connectivity index (χ4v) is 3.80. The lowest BCUT2D eigenvalue weighted by Crippen LogP contribution is -2.47. The second kappa shape index (κ2) is 8.96. The Morgan fingerprint density at radius 3 is 2.65 bits per heavy atom. The van der Waals surface area contributed by atoms with Gasteiger partial charge in [-0.2, -0.15) is 0 Å². The van der Waals surface area contributed by atoms with Crippen LogP contribution in [0.15, 0.2) is 41.8 Å². The number of hydrogen-bond donors (Lipinski definition) is 2. The van der Waals surface area contributed by atoms with E-state index < -0.39 is 0 Å². The highest BCUT2D eigenvalue weighted by Gasteiger charge is 2.24. The van der Waals surface area contributed by atoms with Gasteiger partial charge in [-0.05, 0) is 42.3 Å². The molecule has 0 fully saturated rings. The molecule has 2 N–H and O–H groups in total. The Morgan fingerprint density at radius 1 is 1.12 bits per heavy atom. The molecule has 0 aliphatic carbocycles. The van der Waals surface area contributed by atoms with E-state index in [0.717, 1.165) is 25.9 Å². The molecule has 1 aliphatic heterocycles. The Balaban J connectivity index is 1.36. The average Bonchev–Trinajstić information content (AvgIpc) is 3.21. The lowest BCUT2D eigenvalue weighted by Gasteiger charge is -2.32. The number of thiophene rings is 1. The number of benzene rings is 1. The molecule has 0 saturated carbocycles. The van der Waals surface area contributed by atoms with Gasteiger partial charge in [0.1, 0.15) is 0 Å². The quantitative estimate of drug-likeness (QED) is 0.735. The summed E-state index contributed by atoms with van der Waals surface area (Å²) < 4.78 is 0. The van der Waals surface area contributed by atoms with Crippen LogP contribution in [-0.2, 0) is 17.8 Å². The number of amides is 2. The second-order valence-corrected chi connectivity index (χ2v) is 7.49. The van der Waals surface area contributed by atoms with Gasteiger partial charge in [0, 0.05) is 26.2 Å². The first-order chi connectivity index (χ1) is 12.6. The normalized spacial score (nSPS) is 15.1. The van der Waals surface area contributed by atoms with E-state index in [-0.39, 0.29) is 17.9 Å². The molecule has 0 saturated heterocycles. The molecular weight excluding hydrogens is 346 g/mol. The third kappa shape index (κ3) is 4.71. The van der Waals surface area contributed by atoms with Crippen molar-refractivity contribution in [3.8, 4) is 0 Å². The van der Waals surface area contributed by atoms with Crippen molar-refractivity contribution in [1.82, 2.24) is 15.5 Å². The molecule has 1 unspecified atom stereocenters. The van der Waals surface area contributed by atoms with Crippen molar-refractivity contribution >= 4 is 23.2 Å². The molecule has 2 amide bonds. The monoisotopic (exact) mass is 371 g/mol. The van der Waals surface area contributed by atoms with Crippen LogP contribution >= 0.6 is 11.3 Å². The predicted octanol–water partition coefficient (Wildman–Crippen LogP) is 2.43. The molecule has 1 aromatic heterocycles. The van der Waals surface area contributed by atoms with Crippen molar-refractivity contribution in [2.24, 2.45) is 0 Å². The van der Waals surface area contributed by atoms with Gasteiger partial charge < -0.3 is 10.6 Å². The molecule has 2 heterocycles. The maximum atomic E-state index is 12.4. The van der Waals surface area contributed by atoms with Crippen molar-refractivity contribution in [1.29, 1.82) is 0 Å². The standard InChI is InChI=1S/C20H25N3O2S/c1-15(23-12-9-16-6-2-3-7-17(16)14-23)19(24)21-10-5-11-22-20(25)18-8-4-13-26-18/h2-4,6-8,13,15H,5,9-12,14H2,1H3,(H,21,24)(H,22,25). The zero-order chi connectivity index (χ0) is 18.4. The van der Waals surface area contributed by atoms with Gasteiger partial charge in [0.15, 0.2) is 0 Å². The third-order valence-corrected chi connectivity index (χ3v) is 5.64. The summed E-state index contributed by atoms with van der Waals surface area (Å²) in [7, 11) is 0. The van der Waals surface area contributed by atoms with Crippen LogP contribution in [-0.4, -0.2) is 42.4 Å². The Hall–Kier alpha value is -2.18. The van der Waals surface area contributed by atoms with E-state index in [1.165, 1.54) is 22.5 Å². The smallest absolute Gasteiger partial charge is 0.261 e. The molecule has 1 aliphatic rings.